The minimum atomic E-state index is -0.437. The number of rotatable bonds is 9. The average molecular weight is 245 g/mol. The van der Waals surface area contributed by atoms with Gasteiger partial charge in [-0.25, -0.2) is 0 Å². The first kappa shape index (κ1) is 18.3. The zero-order valence-corrected chi connectivity index (χ0v) is 11.1. The van der Waals surface area contributed by atoms with Crippen molar-refractivity contribution in [1.29, 1.82) is 0 Å². The van der Waals surface area contributed by atoms with Crippen LogP contribution in [-0.2, 0) is 9.59 Å². The Labute approximate surface area is 104 Å². The van der Waals surface area contributed by atoms with Crippen LogP contribution in [0.2, 0.25) is 0 Å². The molecule has 0 aromatic heterocycles. The van der Waals surface area contributed by atoms with Crippen molar-refractivity contribution < 1.29 is 9.59 Å². The van der Waals surface area contributed by atoms with Crippen LogP contribution in [0, 0.1) is 0 Å². The molecule has 0 saturated heterocycles. The zero-order chi connectivity index (χ0) is 13.5. The second-order valence-electron chi connectivity index (χ2n) is 3.52. The number of unbranched alkanes of at least 4 members (excludes halogenated alkanes) is 3. The van der Waals surface area contributed by atoms with Gasteiger partial charge in [0.1, 0.15) is 0 Å². The summed E-state index contributed by atoms with van der Waals surface area (Å²) in [5, 5.41) is 2.74. The van der Waals surface area contributed by atoms with Crippen molar-refractivity contribution in [3.8, 4) is 0 Å². The normalized spacial score (nSPS) is 9.12. The van der Waals surface area contributed by atoms with Crippen LogP contribution in [0.5, 0.6) is 0 Å². The SMILES string of the molecule is CC.NCCCCCCNC(=O)CCC(N)=O. The molecule has 0 unspecified atom stereocenters. The third-order valence-electron chi connectivity index (χ3n) is 2.05. The topological polar surface area (TPSA) is 98.2 Å². The first-order valence-electron chi connectivity index (χ1n) is 6.42. The van der Waals surface area contributed by atoms with Gasteiger partial charge in [0.15, 0.2) is 0 Å². The Morgan fingerprint density at radius 2 is 1.59 bits per heavy atom. The molecule has 0 atom stereocenters. The number of primary amides is 1. The number of nitrogens with two attached hydrogens (primary N) is 2. The summed E-state index contributed by atoms with van der Waals surface area (Å²) in [4.78, 5) is 21.5. The minimum absolute atomic E-state index is 0.104. The van der Waals surface area contributed by atoms with Crippen LogP contribution in [0.3, 0.4) is 0 Å². The van der Waals surface area contributed by atoms with Crippen molar-refractivity contribution in [3.05, 3.63) is 0 Å². The molecule has 0 heterocycles. The summed E-state index contributed by atoms with van der Waals surface area (Å²) >= 11 is 0. The lowest BCUT2D eigenvalue weighted by Gasteiger charge is -2.03. The molecule has 0 bridgehead atoms. The number of hydrogen-bond acceptors (Lipinski definition) is 3. The van der Waals surface area contributed by atoms with E-state index in [-0.39, 0.29) is 18.7 Å². The molecule has 0 aliphatic rings. The van der Waals surface area contributed by atoms with Crippen LogP contribution < -0.4 is 16.8 Å². The summed E-state index contributed by atoms with van der Waals surface area (Å²) in [6.45, 7) is 5.40. The molecular formula is C12H27N3O2. The highest BCUT2D eigenvalue weighted by Gasteiger charge is 2.02. The molecule has 0 saturated carbocycles. The number of amides is 2. The Bertz CT molecular complexity index is 196. The molecule has 0 aliphatic heterocycles. The molecular weight excluding hydrogens is 218 g/mol. The maximum absolute atomic E-state index is 11.1. The van der Waals surface area contributed by atoms with Gasteiger partial charge in [-0.05, 0) is 19.4 Å². The highest BCUT2D eigenvalue weighted by Crippen LogP contribution is 1.97. The maximum Gasteiger partial charge on any atom is 0.220 e. The van der Waals surface area contributed by atoms with Crippen LogP contribution in [0.15, 0.2) is 0 Å². The second-order valence-corrected chi connectivity index (χ2v) is 3.52. The Hall–Kier alpha value is -1.10. The van der Waals surface area contributed by atoms with E-state index in [1.165, 1.54) is 0 Å². The molecule has 2 amide bonds. The molecule has 5 heteroatoms. The fourth-order valence-electron chi connectivity index (χ4n) is 1.18. The summed E-state index contributed by atoms with van der Waals surface area (Å²) in [5.74, 6) is -0.541. The average Bonchev–Trinajstić information content (AvgIpc) is 2.33. The van der Waals surface area contributed by atoms with Crippen molar-refractivity contribution in [2.24, 2.45) is 11.5 Å². The van der Waals surface area contributed by atoms with Crippen molar-refractivity contribution in [2.75, 3.05) is 13.1 Å². The Kier molecular flexibility index (Phi) is 16.0. The van der Waals surface area contributed by atoms with Crippen molar-refractivity contribution in [3.63, 3.8) is 0 Å². The van der Waals surface area contributed by atoms with E-state index in [2.05, 4.69) is 5.32 Å². The largest absolute Gasteiger partial charge is 0.370 e. The van der Waals surface area contributed by atoms with E-state index < -0.39 is 5.91 Å². The van der Waals surface area contributed by atoms with Gasteiger partial charge in [0.05, 0.1) is 0 Å². The molecule has 0 aliphatic carbocycles. The lowest BCUT2D eigenvalue weighted by Crippen LogP contribution is -2.25. The van der Waals surface area contributed by atoms with Crippen LogP contribution >= 0.6 is 0 Å². The molecule has 5 N–H and O–H groups in total. The molecule has 0 spiro atoms. The standard InChI is InChI=1S/C10H21N3O2.C2H6/c11-7-3-1-2-4-8-13-10(15)6-5-9(12)14;1-2/h1-8,11H2,(H2,12,14)(H,13,15);1-2H3. The van der Waals surface area contributed by atoms with E-state index in [1.807, 2.05) is 13.8 Å². The fraction of sp³-hybridized carbons (Fsp3) is 0.833. The molecule has 5 nitrogen and oxygen atoms in total. The lowest BCUT2D eigenvalue weighted by atomic mass is 10.2. The summed E-state index contributed by atoms with van der Waals surface area (Å²) in [6.07, 6.45) is 4.50. The van der Waals surface area contributed by atoms with Gasteiger partial charge in [-0.2, -0.15) is 0 Å². The van der Waals surface area contributed by atoms with E-state index >= 15 is 0 Å². The highest BCUT2D eigenvalue weighted by molar-refractivity contribution is 5.82. The molecule has 0 aromatic carbocycles. The van der Waals surface area contributed by atoms with Gasteiger partial charge in [0, 0.05) is 19.4 Å². The number of carbonyl (C=O) groups excluding carboxylic acids is 2. The third kappa shape index (κ3) is 17.5. The Morgan fingerprint density at radius 1 is 1.00 bits per heavy atom. The van der Waals surface area contributed by atoms with Gasteiger partial charge in [-0.3, -0.25) is 9.59 Å². The van der Waals surface area contributed by atoms with E-state index in [0.717, 1.165) is 32.2 Å². The molecule has 102 valence electrons. The Balaban J connectivity index is 0. The van der Waals surface area contributed by atoms with Gasteiger partial charge in [0.25, 0.3) is 0 Å². The van der Waals surface area contributed by atoms with E-state index in [0.29, 0.717) is 6.54 Å². The number of hydrogen-bond donors (Lipinski definition) is 3. The number of nitrogens with one attached hydrogen (secondary N) is 1. The van der Waals surface area contributed by atoms with E-state index in [1.54, 1.807) is 0 Å². The van der Waals surface area contributed by atoms with E-state index in [9.17, 15) is 9.59 Å². The summed E-state index contributed by atoms with van der Waals surface area (Å²) in [5.41, 5.74) is 10.3. The van der Waals surface area contributed by atoms with Crippen LogP contribution in [0.4, 0.5) is 0 Å². The van der Waals surface area contributed by atoms with E-state index in [4.69, 9.17) is 11.5 Å². The third-order valence-corrected chi connectivity index (χ3v) is 2.05. The van der Waals surface area contributed by atoms with Crippen LogP contribution in [0.25, 0.3) is 0 Å². The monoisotopic (exact) mass is 245 g/mol. The van der Waals surface area contributed by atoms with Gasteiger partial charge in [-0.15, -0.1) is 0 Å². The molecule has 0 rings (SSSR count). The van der Waals surface area contributed by atoms with Gasteiger partial charge >= 0.3 is 0 Å². The first-order chi connectivity index (χ1) is 8.16. The Morgan fingerprint density at radius 3 is 2.12 bits per heavy atom. The molecule has 0 radical (unpaired) electrons. The first-order valence-corrected chi connectivity index (χ1v) is 6.42. The molecule has 0 aromatic rings. The quantitative estimate of drug-likeness (QED) is 0.527. The van der Waals surface area contributed by atoms with Gasteiger partial charge in [0.2, 0.25) is 11.8 Å². The summed E-state index contributed by atoms with van der Waals surface area (Å²) in [6, 6.07) is 0. The predicted molar refractivity (Wildman–Crippen MR) is 70.3 cm³/mol. The van der Waals surface area contributed by atoms with Crippen molar-refractivity contribution >= 4 is 11.8 Å². The predicted octanol–water partition coefficient (Wildman–Crippen LogP) is 0.913. The highest BCUT2D eigenvalue weighted by atomic mass is 16.2. The molecule has 17 heavy (non-hydrogen) atoms. The van der Waals surface area contributed by atoms with Crippen molar-refractivity contribution in [2.45, 2.75) is 52.4 Å². The minimum Gasteiger partial charge on any atom is -0.370 e. The van der Waals surface area contributed by atoms with Crippen LogP contribution in [0.1, 0.15) is 52.4 Å². The van der Waals surface area contributed by atoms with Gasteiger partial charge < -0.3 is 16.8 Å². The van der Waals surface area contributed by atoms with Gasteiger partial charge in [-0.1, -0.05) is 26.7 Å². The second kappa shape index (κ2) is 14.9. The maximum atomic E-state index is 11.1. The fourth-order valence-corrected chi connectivity index (χ4v) is 1.18. The summed E-state index contributed by atoms with van der Waals surface area (Å²) in [7, 11) is 0. The van der Waals surface area contributed by atoms with Crippen LogP contribution in [-0.4, -0.2) is 24.9 Å². The lowest BCUT2D eigenvalue weighted by molar-refractivity contribution is -0.125. The molecule has 0 fully saturated rings. The smallest absolute Gasteiger partial charge is 0.220 e. The zero-order valence-electron chi connectivity index (χ0n) is 11.1. The number of carbonyl (C=O) groups is 2. The summed E-state index contributed by atoms with van der Waals surface area (Å²) < 4.78 is 0. The van der Waals surface area contributed by atoms with Crippen molar-refractivity contribution in [1.82, 2.24) is 5.32 Å².